The van der Waals surface area contributed by atoms with E-state index >= 15 is 0 Å². The van der Waals surface area contributed by atoms with Gasteiger partial charge >= 0.3 is 5.97 Å². The van der Waals surface area contributed by atoms with Crippen molar-refractivity contribution >= 4 is 34.4 Å². The summed E-state index contributed by atoms with van der Waals surface area (Å²) in [7, 11) is 1.83. The normalized spacial score (nSPS) is 18.1. The van der Waals surface area contributed by atoms with E-state index in [4.69, 9.17) is 16.7 Å². The molecule has 1 fully saturated rings. The summed E-state index contributed by atoms with van der Waals surface area (Å²) >= 11 is 6.22. The third kappa shape index (κ3) is 3.97. The van der Waals surface area contributed by atoms with Gasteiger partial charge in [-0.15, -0.1) is 0 Å². The molecule has 0 aliphatic carbocycles. The number of carbonyl (C=O) groups is 2. The maximum atomic E-state index is 13.1. The summed E-state index contributed by atoms with van der Waals surface area (Å²) in [6.07, 6.45) is 4.15. The van der Waals surface area contributed by atoms with Crippen molar-refractivity contribution in [3.8, 4) is 0 Å². The first-order valence-corrected chi connectivity index (χ1v) is 9.09. The Balaban J connectivity index is 1.77. The second-order valence-corrected chi connectivity index (χ2v) is 7.09. The van der Waals surface area contributed by atoms with Crippen molar-refractivity contribution in [2.45, 2.75) is 25.3 Å². The van der Waals surface area contributed by atoms with Crippen molar-refractivity contribution in [2.24, 2.45) is 0 Å². The molecule has 1 saturated heterocycles. The molecule has 1 amide bonds. The number of rotatable bonds is 4. The molecule has 0 bridgehead atoms. The number of benzene rings is 1. The Labute approximate surface area is 157 Å². The van der Waals surface area contributed by atoms with Gasteiger partial charge in [-0.1, -0.05) is 11.6 Å². The van der Waals surface area contributed by atoms with Crippen molar-refractivity contribution in [3.05, 3.63) is 41.0 Å². The zero-order chi connectivity index (χ0) is 18.7. The number of aromatic nitrogens is 1. The molecule has 1 aliphatic heterocycles. The van der Waals surface area contributed by atoms with Crippen LogP contribution in [0.15, 0.2) is 30.5 Å². The Morgan fingerprint density at radius 2 is 2.12 bits per heavy atom. The summed E-state index contributed by atoms with van der Waals surface area (Å²) in [6, 6.07) is 7.31. The first-order chi connectivity index (χ1) is 12.5. The van der Waals surface area contributed by atoms with Crippen LogP contribution in [0.5, 0.6) is 0 Å². The van der Waals surface area contributed by atoms with Crippen molar-refractivity contribution in [1.82, 2.24) is 14.8 Å². The Morgan fingerprint density at radius 1 is 1.31 bits per heavy atom. The van der Waals surface area contributed by atoms with Crippen molar-refractivity contribution in [1.29, 1.82) is 0 Å². The van der Waals surface area contributed by atoms with E-state index in [-0.39, 0.29) is 18.5 Å². The predicted molar refractivity (Wildman–Crippen MR) is 101 cm³/mol. The minimum atomic E-state index is -0.830. The molecule has 1 N–H and O–H groups in total. The molecule has 3 rings (SSSR count). The van der Waals surface area contributed by atoms with Crippen molar-refractivity contribution in [3.63, 3.8) is 0 Å². The summed E-state index contributed by atoms with van der Waals surface area (Å²) in [5.41, 5.74) is 1.18. The highest BCUT2D eigenvalue weighted by Gasteiger charge is 2.25. The van der Waals surface area contributed by atoms with Crippen LogP contribution < -0.4 is 0 Å². The van der Waals surface area contributed by atoms with Crippen LogP contribution in [0.4, 0.5) is 0 Å². The fraction of sp³-hybridized carbons (Fsp3) is 0.421. The number of likely N-dealkylation sites (tertiary alicyclic amines) is 1. The number of carboxylic acid groups (broad SMARTS) is 1. The molecule has 2 heterocycles. The number of likely N-dealkylation sites (N-methyl/N-ethyl adjacent to an activating group) is 1. The Bertz CT molecular complexity index is 827. The van der Waals surface area contributed by atoms with Gasteiger partial charge in [0.05, 0.1) is 22.6 Å². The van der Waals surface area contributed by atoms with Gasteiger partial charge in [0.25, 0.3) is 5.91 Å². The molecule has 138 valence electrons. The molecule has 0 radical (unpaired) electrons. The molecule has 7 heteroatoms. The number of carbonyl (C=O) groups excluding carboxylic acids is 1. The molecule has 2 aromatic rings. The first kappa shape index (κ1) is 18.6. The van der Waals surface area contributed by atoms with Crippen LogP contribution >= 0.6 is 11.6 Å². The number of aliphatic carboxylic acids is 1. The monoisotopic (exact) mass is 375 g/mol. The van der Waals surface area contributed by atoms with E-state index < -0.39 is 5.97 Å². The predicted octanol–water partition coefficient (Wildman–Crippen LogP) is 2.90. The zero-order valence-corrected chi connectivity index (χ0v) is 15.4. The van der Waals surface area contributed by atoms with Crippen LogP contribution in [0, 0.1) is 0 Å². The van der Waals surface area contributed by atoms with E-state index in [1.165, 1.54) is 0 Å². The zero-order valence-electron chi connectivity index (χ0n) is 14.7. The van der Waals surface area contributed by atoms with Gasteiger partial charge in [-0.2, -0.15) is 0 Å². The Kier molecular flexibility index (Phi) is 5.74. The van der Waals surface area contributed by atoms with E-state index in [0.29, 0.717) is 29.2 Å². The van der Waals surface area contributed by atoms with Gasteiger partial charge in [-0.3, -0.25) is 19.5 Å². The van der Waals surface area contributed by atoms with Gasteiger partial charge in [-0.05, 0) is 50.6 Å². The number of fused-ring (bicyclic) bond motifs is 1. The lowest BCUT2D eigenvalue weighted by Crippen LogP contribution is -2.37. The van der Waals surface area contributed by atoms with E-state index in [1.807, 2.05) is 22.9 Å². The summed E-state index contributed by atoms with van der Waals surface area (Å²) in [5.74, 6) is -0.879. The third-order valence-electron chi connectivity index (χ3n) is 4.94. The molecular weight excluding hydrogens is 354 g/mol. The average Bonchev–Trinajstić information content (AvgIpc) is 2.87. The standard InChI is InChI=1S/C19H22ClN3O3/c1-22(12-17(24)25)13-4-3-10-23(11-8-13)19(26)15-6-7-16(20)14-5-2-9-21-18(14)15/h2,5-7,9,13H,3-4,8,10-12H2,1H3,(H,24,25). The summed E-state index contributed by atoms with van der Waals surface area (Å²) in [4.78, 5) is 32.0. The number of carboxylic acids is 1. The van der Waals surface area contributed by atoms with Crippen LogP contribution in [0.3, 0.4) is 0 Å². The second kappa shape index (κ2) is 8.01. The van der Waals surface area contributed by atoms with E-state index in [9.17, 15) is 9.59 Å². The van der Waals surface area contributed by atoms with Crippen LogP contribution in [-0.4, -0.2) is 64.5 Å². The molecule has 1 aliphatic rings. The second-order valence-electron chi connectivity index (χ2n) is 6.68. The highest BCUT2D eigenvalue weighted by Crippen LogP contribution is 2.26. The smallest absolute Gasteiger partial charge is 0.317 e. The quantitative estimate of drug-likeness (QED) is 0.889. The fourth-order valence-electron chi connectivity index (χ4n) is 3.55. The van der Waals surface area contributed by atoms with Gasteiger partial charge in [0, 0.05) is 30.7 Å². The van der Waals surface area contributed by atoms with Gasteiger partial charge in [0.1, 0.15) is 0 Å². The highest BCUT2D eigenvalue weighted by atomic mass is 35.5. The maximum absolute atomic E-state index is 13.1. The molecular formula is C19H22ClN3O3. The van der Waals surface area contributed by atoms with E-state index in [1.54, 1.807) is 24.4 Å². The number of amides is 1. The SMILES string of the molecule is CN(CC(=O)O)C1CCCN(C(=O)c2ccc(Cl)c3cccnc23)CC1. The van der Waals surface area contributed by atoms with Gasteiger partial charge in [0.15, 0.2) is 0 Å². The topological polar surface area (TPSA) is 73.7 Å². The van der Waals surface area contributed by atoms with E-state index in [0.717, 1.165) is 24.6 Å². The number of nitrogens with zero attached hydrogens (tertiary/aromatic N) is 3. The Hall–Kier alpha value is -2.18. The number of hydrogen-bond donors (Lipinski definition) is 1. The maximum Gasteiger partial charge on any atom is 0.317 e. The molecule has 1 atom stereocenters. The molecule has 6 nitrogen and oxygen atoms in total. The summed E-state index contributed by atoms with van der Waals surface area (Å²) in [6.45, 7) is 1.28. The van der Waals surface area contributed by atoms with E-state index in [2.05, 4.69) is 4.98 Å². The summed E-state index contributed by atoms with van der Waals surface area (Å²) in [5, 5.41) is 10.3. The molecule has 1 unspecified atom stereocenters. The highest BCUT2D eigenvalue weighted by molar-refractivity contribution is 6.36. The number of hydrogen-bond acceptors (Lipinski definition) is 4. The van der Waals surface area contributed by atoms with Crippen molar-refractivity contribution in [2.75, 3.05) is 26.7 Å². The van der Waals surface area contributed by atoms with Gasteiger partial charge in [0.2, 0.25) is 0 Å². The Morgan fingerprint density at radius 3 is 2.88 bits per heavy atom. The molecule has 1 aromatic carbocycles. The van der Waals surface area contributed by atoms with Crippen LogP contribution in [-0.2, 0) is 4.79 Å². The molecule has 0 spiro atoms. The third-order valence-corrected chi connectivity index (χ3v) is 5.27. The van der Waals surface area contributed by atoms with Gasteiger partial charge < -0.3 is 10.0 Å². The van der Waals surface area contributed by atoms with Gasteiger partial charge in [-0.25, -0.2) is 0 Å². The lowest BCUT2D eigenvalue weighted by molar-refractivity contribution is -0.138. The molecule has 26 heavy (non-hydrogen) atoms. The molecule has 0 saturated carbocycles. The van der Waals surface area contributed by atoms with Crippen LogP contribution in [0.2, 0.25) is 5.02 Å². The van der Waals surface area contributed by atoms with Crippen LogP contribution in [0.1, 0.15) is 29.6 Å². The lowest BCUT2D eigenvalue weighted by Gasteiger charge is -2.25. The van der Waals surface area contributed by atoms with Crippen LogP contribution in [0.25, 0.3) is 10.9 Å². The lowest BCUT2D eigenvalue weighted by atomic mass is 10.1. The number of halogens is 1. The first-order valence-electron chi connectivity index (χ1n) is 8.72. The van der Waals surface area contributed by atoms with Crippen molar-refractivity contribution < 1.29 is 14.7 Å². The number of pyridine rings is 1. The minimum absolute atomic E-state index is 0.0182. The molecule has 1 aromatic heterocycles. The minimum Gasteiger partial charge on any atom is -0.480 e. The average molecular weight is 376 g/mol. The largest absolute Gasteiger partial charge is 0.480 e. The summed E-state index contributed by atoms with van der Waals surface area (Å²) < 4.78 is 0. The fourth-order valence-corrected chi connectivity index (χ4v) is 3.76.